The second-order valence-corrected chi connectivity index (χ2v) is 9.74. The Labute approximate surface area is 145 Å². The molecule has 0 spiro atoms. The summed E-state index contributed by atoms with van der Waals surface area (Å²) in [5.74, 6) is 2.59. The maximum absolute atomic E-state index is 13.2. The van der Waals surface area contributed by atoms with Crippen LogP contribution >= 0.6 is 0 Å². The van der Waals surface area contributed by atoms with E-state index in [1.54, 1.807) is 6.92 Å². The van der Waals surface area contributed by atoms with E-state index < -0.39 is 5.41 Å². The molecule has 134 valence electrons. The van der Waals surface area contributed by atoms with E-state index in [4.69, 9.17) is 0 Å². The molecule has 4 saturated carbocycles. The summed E-state index contributed by atoms with van der Waals surface area (Å²) in [4.78, 5) is 25.4. The van der Waals surface area contributed by atoms with Crippen molar-refractivity contribution in [3.8, 4) is 0 Å². The van der Waals surface area contributed by atoms with Crippen LogP contribution in [-0.2, 0) is 9.59 Å². The lowest BCUT2D eigenvalue weighted by Crippen LogP contribution is -2.57. The monoisotopic (exact) mass is 332 g/mol. The third kappa shape index (κ3) is 2.06. The summed E-state index contributed by atoms with van der Waals surface area (Å²) >= 11 is 0. The quantitative estimate of drug-likeness (QED) is 0.795. The van der Waals surface area contributed by atoms with E-state index in [1.165, 1.54) is 12.8 Å². The second kappa shape index (κ2) is 5.40. The number of hydrogen-bond donors (Lipinski definition) is 1. The van der Waals surface area contributed by atoms with Crippen molar-refractivity contribution in [2.24, 2.45) is 40.4 Å². The Kier molecular flexibility index (Phi) is 3.77. The highest BCUT2D eigenvalue weighted by Gasteiger charge is 2.64. The normalized spacial score (nSPS) is 53.9. The first-order valence-corrected chi connectivity index (χ1v) is 10.00. The standard InChI is InChI=1S/C21H32O3/c1-12(22)16-6-7-17-15-5-4-13-10-14(23)8-9-20(13,2)18(15)11-19(24)21(16,17)3/h13-18,23H,4-11H2,1-3H3/t13-,14-,15+,16+,17?,18?,20-,21+/m0/s1. The largest absolute Gasteiger partial charge is 0.393 e. The van der Waals surface area contributed by atoms with Crippen LogP contribution in [0.5, 0.6) is 0 Å². The van der Waals surface area contributed by atoms with E-state index in [0.717, 1.165) is 32.1 Å². The molecule has 0 aromatic carbocycles. The van der Waals surface area contributed by atoms with Gasteiger partial charge in [0.25, 0.3) is 0 Å². The Hall–Kier alpha value is -0.700. The van der Waals surface area contributed by atoms with Crippen molar-refractivity contribution in [1.82, 2.24) is 0 Å². The average Bonchev–Trinajstić information content (AvgIpc) is 2.88. The van der Waals surface area contributed by atoms with E-state index in [1.807, 2.05) is 0 Å². The minimum atomic E-state index is -0.398. The maximum Gasteiger partial charge on any atom is 0.140 e. The van der Waals surface area contributed by atoms with Gasteiger partial charge in [-0.3, -0.25) is 9.59 Å². The number of fused-ring (bicyclic) bond motifs is 5. The van der Waals surface area contributed by atoms with Crippen LogP contribution in [-0.4, -0.2) is 22.8 Å². The van der Waals surface area contributed by atoms with Crippen molar-refractivity contribution in [2.75, 3.05) is 0 Å². The van der Waals surface area contributed by atoms with Crippen LogP contribution in [0.3, 0.4) is 0 Å². The molecule has 4 aliphatic carbocycles. The molecule has 4 fully saturated rings. The van der Waals surface area contributed by atoms with Gasteiger partial charge in [-0.25, -0.2) is 0 Å². The molecule has 0 aromatic rings. The first-order chi connectivity index (χ1) is 11.3. The van der Waals surface area contributed by atoms with Gasteiger partial charge in [0, 0.05) is 17.8 Å². The zero-order valence-electron chi connectivity index (χ0n) is 15.4. The average molecular weight is 332 g/mol. The van der Waals surface area contributed by atoms with Crippen LogP contribution in [0.4, 0.5) is 0 Å². The molecule has 0 aliphatic heterocycles. The maximum atomic E-state index is 13.2. The Balaban J connectivity index is 1.68. The van der Waals surface area contributed by atoms with E-state index >= 15 is 0 Å². The summed E-state index contributed by atoms with van der Waals surface area (Å²) in [5, 5.41) is 10.1. The Bertz CT molecular complexity index is 569. The lowest BCUT2D eigenvalue weighted by atomic mass is 9.44. The second-order valence-electron chi connectivity index (χ2n) is 9.74. The smallest absolute Gasteiger partial charge is 0.140 e. The summed E-state index contributed by atoms with van der Waals surface area (Å²) in [6.07, 6.45) is 7.75. The van der Waals surface area contributed by atoms with Crippen LogP contribution in [0.2, 0.25) is 0 Å². The van der Waals surface area contributed by atoms with Gasteiger partial charge >= 0.3 is 0 Å². The fourth-order valence-electron chi connectivity index (χ4n) is 7.59. The van der Waals surface area contributed by atoms with Crippen LogP contribution < -0.4 is 0 Å². The van der Waals surface area contributed by atoms with E-state index in [2.05, 4.69) is 13.8 Å². The molecular formula is C21H32O3. The fourth-order valence-corrected chi connectivity index (χ4v) is 7.59. The summed E-state index contributed by atoms with van der Waals surface area (Å²) < 4.78 is 0. The molecule has 4 rings (SSSR count). The molecule has 2 unspecified atom stereocenters. The number of carbonyl (C=O) groups excluding carboxylic acids is 2. The first kappa shape index (κ1) is 16.8. The van der Waals surface area contributed by atoms with E-state index in [-0.39, 0.29) is 23.2 Å². The Morgan fingerprint density at radius 3 is 2.54 bits per heavy atom. The fraction of sp³-hybridized carbons (Fsp3) is 0.905. The van der Waals surface area contributed by atoms with Crippen LogP contribution in [0.25, 0.3) is 0 Å². The summed E-state index contributed by atoms with van der Waals surface area (Å²) in [6.45, 7) is 6.18. The number of rotatable bonds is 1. The molecule has 0 aromatic heterocycles. The van der Waals surface area contributed by atoms with Gasteiger partial charge in [0.2, 0.25) is 0 Å². The first-order valence-electron chi connectivity index (χ1n) is 10.00. The Morgan fingerprint density at radius 2 is 1.83 bits per heavy atom. The number of aliphatic hydroxyl groups is 1. The molecule has 3 heteroatoms. The van der Waals surface area contributed by atoms with Crippen molar-refractivity contribution in [1.29, 1.82) is 0 Å². The number of carbonyl (C=O) groups is 2. The van der Waals surface area contributed by atoms with Crippen molar-refractivity contribution in [3.63, 3.8) is 0 Å². The lowest BCUT2D eigenvalue weighted by molar-refractivity contribution is -0.161. The molecule has 0 heterocycles. The van der Waals surface area contributed by atoms with Crippen molar-refractivity contribution < 1.29 is 14.7 Å². The molecule has 3 nitrogen and oxygen atoms in total. The van der Waals surface area contributed by atoms with Crippen molar-refractivity contribution >= 4 is 11.6 Å². The number of ketones is 2. The SMILES string of the molecule is CC(=O)[C@H]1CCC2[C@H]3CC[C@H]4C[C@@H](O)CC[C@]4(C)C3CC(=O)[C@@]21C. The van der Waals surface area contributed by atoms with Crippen molar-refractivity contribution in [3.05, 3.63) is 0 Å². The molecule has 24 heavy (non-hydrogen) atoms. The zero-order chi connectivity index (χ0) is 17.3. The van der Waals surface area contributed by atoms with Gasteiger partial charge in [-0.15, -0.1) is 0 Å². The Morgan fingerprint density at radius 1 is 1.08 bits per heavy atom. The van der Waals surface area contributed by atoms with Gasteiger partial charge < -0.3 is 5.11 Å². The molecule has 8 atom stereocenters. The predicted molar refractivity (Wildman–Crippen MR) is 92.3 cm³/mol. The number of hydrogen-bond acceptors (Lipinski definition) is 3. The summed E-state index contributed by atoms with van der Waals surface area (Å²) in [5.41, 5.74) is -0.183. The number of aliphatic hydroxyl groups excluding tert-OH is 1. The van der Waals surface area contributed by atoms with Crippen LogP contribution in [0.1, 0.15) is 72.1 Å². The molecule has 0 saturated heterocycles. The lowest BCUT2D eigenvalue weighted by Gasteiger charge is -2.60. The van der Waals surface area contributed by atoms with E-state index in [0.29, 0.717) is 35.9 Å². The summed E-state index contributed by atoms with van der Waals surface area (Å²) in [6, 6.07) is 0. The molecule has 0 amide bonds. The minimum absolute atomic E-state index is 0.0466. The van der Waals surface area contributed by atoms with Gasteiger partial charge in [-0.1, -0.05) is 13.8 Å². The molecule has 4 aliphatic rings. The predicted octanol–water partition coefficient (Wildman–Crippen LogP) is 3.77. The van der Waals surface area contributed by atoms with Gasteiger partial charge in [-0.2, -0.15) is 0 Å². The summed E-state index contributed by atoms with van der Waals surface area (Å²) in [7, 11) is 0. The molecule has 1 N–H and O–H groups in total. The third-order valence-corrected chi connectivity index (χ3v) is 8.99. The van der Waals surface area contributed by atoms with E-state index in [9.17, 15) is 14.7 Å². The van der Waals surface area contributed by atoms with Gasteiger partial charge in [0.15, 0.2) is 0 Å². The highest BCUT2D eigenvalue weighted by molar-refractivity contribution is 5.93. The highest BCUT2D eigenvalue weighted by atomic mass is 16.3. The number of Topliss-reactive ketones (excluding diaryl/α,β-unsaturated/α-hetero) is 2. The highest BCUT2D eigenvalue weighted by Crippen LogP contribution is 2.66. The van der Waals surface area contributed by atoms with Gasteiger partial charge in [-0.05, 0) is 81.0 Å². The van der Waals surface area contributed by atoms with Crippen LogP contribution in [0, 0.1) is 40.4 Å². The molecular weight excluding hydrogens is 300 g/mol. The zero-order valence-corrected chi connectivity index (χ0v) is 15.4. The van der Waals surface area contributed by atoms with Gasteiger partial charge in [0.1, 0.15) is 11.6 Å². The van der Waals surface area contributed by atoms with Crippen molar-refractivity contribution in [2.45, 2.75) is 78.2 Å². The van der Waals surface area contributed by atoms with Gasteiger partial charge in [0.05, 0.1) is 6.10 Å². The topological polar surface area (TPSA) is 54.4 Å². The van der Waals surface area contributed by atoms with Crippen LogP contribution in [0.15, 0.2) is 0 Å². The minimum Gasteiger partial charge on any atom is -0.393 e. The molecule has 0 bridgehead atoms. The molecule has 0 radical (unpaired) electrons. The third-order valence-electron chi connectivity index (χ3n) is 8.99.